The molecule has 0 spiro atoms. The van der Waals surface area contributed by atoms with Crippen molar-refractivity contribution in [1.29, 1.82) is 0 Å². The number of amides is 2. The standard InChI is InChI=1S/C18H16BrFN4O2/c19-12-3-1-2-11(8-12)10-22-18(26)15-9-16(17(21)25)24(23-15)14-6-4-13(20)5-7-14/h1-8,16H,9-10H2,(H2,21,25)(H,22,26). The molecule has 1 heterocycles. The van der Waals surface area contributed by atoms with Gasteiger partial charge in [0.05, 0.1) is 5.69 Å². The minimum Gasteiger partial charge on any atom is -0.368 e. The van der Waals surface area contributed by atoms with E-state index in [1.165, 1.54) is 29.3 Å². The van der Waals surface area contributed by atoms with Crippen molar-refractivity contribution in [2.24, 2.45) is 10.8 Å². The Bertz CT molecular complexity index is 870. The Morgan fingerprint density at radius 1 is 1.27 bits per heavy atom. The van der Waals surface area contributed by atoms with Crippen LogP contribution >= 0.6 is 15.9 Å². The Morgan fingerprint density at radius 3 is 2.65 bits per heavy atom. The quantitative estimate of drug-likeness (QED) is 0.780. The number of nitrogens with two attached hydrogens (primary N) is 1. The van der Waals surface area contributed by atoms with Gasteiger partial charge in [0.2, 0.25) is 5.91 Å². The van der Waals surface area contributed by atoms with Crippen molar-refractivity contribution >= 4 is 39.1 Å². The van der Waals surface area contributed by atoms with Gasteiger partial charge in [-0.2, -0.15) is 5.10 Å². The zero-order chi connectivity index (χ0) is 18.7. The molecule has 0 aliphatic carbocycles. The highest BCUT2D eigenvalue weighted by Gasteiger charge is 2.34. The van der Waals surface area contributed by atoms with Crippen molar-refractivity contribution in [3.63, 3.8) is 0 Å². The summed E-state index contributed by atoms with van der Waals surface area (Å²) in [4.78, 5) is 24.1. The average Bonchev–Trinajstić information content (AvgIpc) is 3.06. The van der Waals surface area contributed by atoms with E-state index in [2.05, 4.69) is 26.3 Å². The summed E-state index contributed by atoms with van der Waals surface area (Å²) in [5.74, 6) is -1.38. The molecule has 3 N–H and O–H groups in total. The number of halogens is 2. The third-order valence-electron chi connectivity index (χ3n) is 3.93. The summed E-state index contributed by atoms with van der Waals surface area (Å²) in [5.41, 5.74) is 7.05. The predicted octanol–water partition coefficient (Wildman–Crippen LogP) is 2.32. The molecule has 0 bridgehead atoms. The lowest BCUT2D eigenvalue weighted by Crippen LogP contribution is -2.39. The van der Waals surface area contributed by atoms with Gasteiger partial charge >= 0.3 is 0 Å². The van der Waals surface area contributed by atoms with E-state index in [9.17, 15) is 14.0 Å². The van der Waals surface area contributed by atoms with Crippen molar-refractivity contribution < 1.29 is 14.0 Å². The molecule has 2 aromatic rings. The predicted molar refractivity (Wildman–Crippen MR) is 99.9 cm³/mol. The molecule has 2 aromatic carbocycles. The molecule has 0 aromatic heterocycles. The van der Waals surface area contributed by atoms with Gasteiger partial charge in [-0.3, -0.25) is 14.6 Å². The minimum absolute atomic E-state index is 0.0943. The molecule has 1 aliphatic rings. The minimum atomic E-state index is -0.785. The Hall–Kier alpha value is -2.74. The van der Waals surface area contributed by atoms with Gasteiger partial charge < -0.3 is 11.1 Å². The molecular weight excluding hydrogens is 403 g/mol. The topological polar surface area (TPSA) is 87.8 Å². The zero-order valence-corrected chi connectivity index (χ0v) is 15.2. The molecule has 3 rings (SSSR count). The highest BCUT2D eigenvalue weighted by Crippen LogP contribution is 2.25. The summed E-state index contributed by atoms with van der Waals surface area (Å²) in [5, 5.41) is 8.36. The number of anilines is 1. The number of nitrogens with one attached hydrogen (secondary N) is 1. The first-order valence-electron chi connectivity index (χ1n) is 7.88. The van der Waals surface area contributed by atoms with E-state index in [4.69, 9.17) is 5.73 Å². The summed E-state index contributed by atoms with van der Waals surface area (Å²) >= 11 is 3.38. The number of hydrazone groups is 1. The zero-order valence-electron chi connectivity index (χ0n) is 13.7. The highest BCUT2D eigenvalue weighted by atomic mass is 79.9. The van der Waals surface area contributed by atoms with Crippen LogP contribution in [0.1, 0.15) is 12.0 Å². The first-order chi connectivity index (χ1) is 12.4. The maximum Gasteiger partial charge on any atom is 0.267 e. The number of benzene rings is 2. The van der Waals surface area contributed by atoms with E-state index in [0.29, 0.717) is 12.2 Å². The van der Waals surface area contributed by atoms with Gasteiger partial charge in [-0.15, -0.1) is 0 Å². The van der Waals surface area contributed by atoms with Crippen LogP contribution in [-0.4, -0.2) is 23.6 Å². The van der Waals surface area contributed by atoms with Crippen molar-refractivity contribution in [2.45, 2.75) is 19.0 Å². The molecule has 0 radical (unpaired) electrons. The van der Waals surface area contributed by atoms with E-state index < -0.39 is 17.8 Å². The van der Waals surface area contributed by atoms with Crippen molar-refractivity contribution in [3.8, 4) is 0 Å². The Morgan fingerprint density at radius 2 is 2.00 bits per heavy atom. The van der Waals surface area contributed by atoms with E-state index >= 15 is 0 Å². The van der Waals surface area contributed by atoms with E-state index in [-0.39, 0.29) is 18.0 Å². The second-order valence-electron chi connectivity index (χ2n) is 5.80. The molecule has 0 saturated heterocycles. The lowest BCUT2D eigenvalue weighted by Gasteiger charge is -2.20. The van der Waals surface area contributed by atoms with Gasteiger partial charge in [-0.05, 0) is 42.0 Å². The van der Waals surface area contributed by atoms with Crippen LogP contribution in [-0.2, 0) is 16.1 Å². The number of carbonyl (C=O) groups is 2. The van der Waals surface area contributed by atoms with Crippen LogP contribution in [0.25, 0.3) is 0 Å². The number of hydrogen-bond acceptors (Lipinski definition) is 4. The summed E-state index contributed by atoms with van der Waals surface area (Å²) < 4.78 is 14.0. The smallest absolute Gasteiger partial charge is 0.267 e. The second kappa shape index (κ2) is 7.65. The lowest BCUT2D eigenvalue weighted by atomic mass is 10.1. The SMILES string of the molecule is NC(=O)C1CC(C(=O)NCc2cccc(Br)c2)=NN1c1ccc(F)cc1. The van der Waals surface area contributed by atoms with Crippen LogP contribution in [0.3, 0.4) is 0 Å². The van der Waals surface area contributed by atoms with Crippen LogP contribution in [0.15, 0.2) is 58.1 Å². The fourth-order valence-electron chi connectivity index (χ4n) is 2.63. The monoisotopic (exact) mass is 418 g/mol. The summed E-state index contributed by atoms with van der Waals surface area (Å²) in [6.45, 7) is 0.328. The van der Waals surface area contributed by atoms with Crippen LogP contribution in [0.4, 0.5) is 10.1 Å². The third kappa shape index (κ3) is 4.08. The summed E-state index contributed by atoms with van der Waals surface area (Å²) in [6.07, 6.45) is 0.0943. The molecule has 134 valence electrons. The molecule has 26 heavy (non-hydrogen) atoms. The fraction of sp³-hybridized carbons (Fsp3) is 0.167. The van der Waals surface area contributed by atoms with Crippen LogP contribution in [0.5, 0.6) is 0 Å². The average molecular weight is 419 g/mol. The second-order valence-corrected chi connectivity index (χ2v) is 6.72. The summed E-state index contributed by atoms with van der Waals surface area (Å²) in [7, 11) is 0. The van der Waals surface area contributed by atoms with Crippen LogP contribution in [0, 0.1) is 5.82 Å². The van der Waals surface area contributed by atoms with E-state index in [1.807, 2.05) is 24.3 Å². The number of nitrogens with zero attached hydrogens (tertiary/aromatic N) is 2. The number of primary amides is 1. The molecule has 6 nitrogen and oxygen atoms in total. The normalized spacial score (nSPS) is 16.3. The third-order valence-corrected chi connectivity index (χ3v) is 4.43. The van der Waals surface area contributed by atoms with Crippen molar-refractivity contribution in [2.75, 3.05) is 5.01 Å². The van der Waals surface area contributed by atoms with Gasteiger partial charge in [0.15, 0.2) is 0 Å². The molecule has 1 aliphatic heterocycles. The summed E-state index contributed by atoms with van der Waals surface area (Å²) in [6, 6.07) is 12.2. The first-order valence-corrected chi connectivity index (χ1v) is 8.67. The van der Waals surface area contributed by atoms with E-state index in [0.717, 1.165) is 10.0 Å². The Balaban J connectivity index is 1.74. The molecular formula is C18H16BrFN4O2. The van der Waals surface area contributed by atoms with Gasteiger partial charge in [-0.1, -0.05) is 28.1 Å². The molecule has 1 atom stereocenters. The van der Waals surface area contributed by atoms with Gasteiger partial charge in [0, 0.05) is 17.4 Å². The Kier molecular flexibility index (Phi) is 5.32. The van der Waals surface area contributed by atoms with Gasteiger partial charge in [0.25, 0.3) is 5.91 Å². The van der Waals surface area contributed by atoms with Crippen LogP contribution < -0.4 is 16.1 Å². The first kappa shape index (κ1) is 18.1. The van der Waals surface area contributed by atoms with Crippen molar-refractivity contribution in [1.82, 2.24) is 5.32 Å². The molecule has 8 heteroatoms. The molecule has 1 unspecified atom stereocenters. The maximum absolute atomic E-state index is 13.1. The maximum atomic E-state index is 13.1. The van der Waals surface area contributed by atoms with Crippen LogP contribution in [0.2, 0.25) is 0 Å². The molecule has 0 fully saturated rings. The van der Waals surface area contributed by atoms with Gasteiger partial charge in [0.1, 0.15) is 17.6 Å². The number of carbonyl (C=O) groups excluding carboxylic acids is 2. The van der Waals surface area contributed by atoms with E-state index in [1.54, 1.807) is 0 Å². The molecule has 0 saturated carbocycles. The number of hydrogen-bond donors (Lipinski definition) is 2. The Labute approximate surface area is 158 Å². The number of rotatable bonds is 5. The lowest BCUT2D eigenvalue weighted by molar-refractivity contribution is -0.119. The molecule has 2 amide bonds. The van der Waals surface area contributed by atoms with Crippen molar-refractivity contribution in [3.05, 3.63) is 64.4 Å². The fourth-order valence-corrected chi connectivity index (χ4v) is 3.08. The highest BCUT2D eigenvalue weighted by molar-refractivity contribution is 9.10. The van der Waals surface area contributed by atoms with Gasteiger partial charge in [-0.25, -0.2) is 4.39 Å². The largest absolute Gasteiger partial charge is 0.368 e.